The number of thioether (sulfide) groups is 1. The largest absolute Gasteiger partial charge is 0.480 e. The van der Waals surface area contributed by atoms with Gasteiger partial charge in [0.05, 0.1) is 6.61 Å². The molecular formula is C87H168N12O14S. The number of unbranched alkanes of at least 4 members (excludes halogenated alkanes) is 41. The van der Waals surface area contributed by atoms with E-state index in [0.29, 0.717) is 96.6 Å². The standard InChI is InChI=1S/C87H168N12O14S/c1-4-7-10-13-16-19-22-25-28-31-34-37-40-58-78(101)93-77(69-114-68-70(113-80(103)60-42-39-36-33-30-27-24-21-18-15-12-9-6-3)67-112-79(102)59-41-38-35-32-29-26-23-20-17-14-11-8-5-2)86(109)99-76(66-100)85(108)97-73(55-45-50-63-90)83(106)95-71(53-43-48-61-88)81(104)94-72(54-44-49-62-89)82(105)96-74(56-46-51-64-91)84(107)98-75(87(110)111)57-47-52-65-92/h70-77,100H,4-69,88-92H2,1-3H3,(H,93,101)(H,94,104)(H,95,106)(H,96,105)(H,97,108)(H,98,107)(H,99,109)(H,110,111)/t70-,71+,72+,73?,74+,75+,76+,77-/m1/s1. The number of hydrogen-bond donors (Lipinski definition) is 14. The highest BCUT2D eigenvalue weighted by Crippen LogP contribution is 2.20. The van der Waals surface area contributed by atoms with Crippen LogP contribution in [0.25, 0.3) is 0 Å². The van der Waals surface area contributed by atoms with Gasteiger partial charge in [0.1, 0.15) is 55.0 Å². The molecule has 0 heterocycles. The first kappa shape index (κ1) is 109. The lowest BCUT2D eigenvalue weighted by Crippen LogP contribution is -2.60. The number of rotatable bonds is 84. The molecule has 27 heteroatoms. The van der Waals surface area contributed by atoms with Gasteiger partial charge < -0.3 is 85.6 Å². The number of aliphatic hydroxyl groups is 1. The van der Waals surface area contributed by atoms with Gasteiger partial charge in [-0.25, -0.2) is 4.79 Å². The molecule has 7 amide bonds. The second-order valence-corrected chi connectivity index (χ2v) is 32.8. The molecule has 0 aliphatic heterocycles. The summed E-state index contributed by atoms with van der Waals surface area (Å²) in [7, 11) is 0. The number of nitrogens with two attached hydrogens (primary N) is 5. The van der Waals surface area contributed by atoms with Crippen LogP contribution < -0.4 is 65.9 Å². The Morgan fingerprint density at radius 3 is 0.842 bits per heavy atom. The van der Waals surface area contributed by atoms with Gasteiger partial charge in [-0.3, -0.25) is 43.2 Å². The summed E-state index contributed by atoms with van der Waals surface area (Å²) in [5.41, 5.74) is 29.0. The lowest BCUT2D eigenvalue weighted by Gasteiger charge is -2.28. The minimum atomic E-state index is -1.65. The Labute approximate surface area is 693 Å². The van der Waals surface area contributed by atoms with Crippen LogP contribution in [0.15, 0.2) is 0 Å². The van der Waals surface area contributed by atoms with E-state index in [2.05, 4.69) is 58.0 Å². The zero-order valence-corrected chi connectivity index (χ0v) is 72.7. The van der Waals surface area contributed by atoms with Crippen molar-refractivity contribution in [3.05, 3.63) is 0 Å². The molecule has 19 N–H and O–H groups in total. The van der Waals surface area contributed by atoms with Gasteiger partial charge in [0.25, 0.3) is 0 Å². The minimum Gasteiger partial charge on any atom is -0.480 e. The van der Waals surface area contributed by atoms with Gasteiger partial charge in [-0.2, -0.15) is 11.8 Å². The van der Waals surface area contributed by atoms with Crippen molar-refractivity contribution >= 4 is 71.0 Å². The zero-order valence-electron chi connectivity index (χ0n) is 71.9. The molecular weight excluding hydrogens is 1470 g/mol. The first-order chi connectivity index (χ1) is 55.4. The van der Waals surface area contributed by atoms with Gasteiger partial charge in [0, 0.05) is 30.8 Å². The van der Waals surface area contributed by atoms with Crippen molar-refractivity contribution in [1.29, 1.82) is 0 Å². The van der Waals surface area contributed by atoms with Crippen molar-refractivity contribution in [3.8, 4) is 0 Å². The number of carboxylic acid groups (broad SMARTS) is 1. The van der Waals surface area contributed by atoms with Crippen LogP contribution in [0, 0.1) is 0 Å². The Bertz CT molecular complexity index is 2430. The molecule has 114 heavy (non-hydrogen) atoms. The summed E-state index contributed by atoms with van der Waals surface area (Å²) >= 11 is 1.19. The maximum atomic E-state index is 14.6. The maximum absolute atomic E-state index is 14.6. The van der Waals surface area contributed by atoms with Crippen LogP contribution in [0.5, 0.6) is 0 Å². The molecule has 0 bridgehead atoms. The summed E-state index contributed by atoms with van der Waals surface area (Å²) in [4.78, 5) is 139. The smallest absolute Gasteiger partial charge is 0.326 e. The number of aliphatic hydroxyl groups excluding tert-OH is 1. The van der Waals surface area contributed by atoms with Gasteiger partial charge in [0.2, 0.25) is 41.4 Å². The van der Waals surface area contributed by atoms with Crippen LogP contribution in [0.2, 0.25) is 0 Å². The van der Waals surface area contributed by atoms with E-state index in [-0.39, 0.29) is 89.1 Å². The molecule has 0 rings (SSSR count). The van der Waals surface area contributed by atoms with Crippen molar-refractivity contribution in [3.63, 3.8) is 0 Å². The minimum absolute atomic E-state index is 0.0138. The Balaban J connectivity index is 6.85. The molecule has 0 radical (unpaired) electrons. The third-order valence-electron chi connectivity index (χ3n) is 21.1. The predicted octanol–water partition coefficient (Wildman–Crippen LogP) is 12.7. The van der Waals surface area contributed by atoms with E-state index in [4.69, 9.17) is 38.1 Å². The predicted molar refractivity (Wildman–Crippen MR) is 462 cm³/mol. The van der Waals surface area contributed by atoms with Crippen LogP contribution in [-0.2, 0) is 57.4 Å². The van der Waals surface area contributed by atoms with E-state index < -0.39 is 114 Å². The highest BCUT2D eigenvalue weighted by Gasteiger charge is 2.35. The topological polar surface area (TPSA) is 444 Å². The average Bonchev–Trinajstić information content (AvgIpc) is 0.853. The highest BCUT2D eigenvalue weighted by atomic mass is 32.2. The summed E-state index contributed by atoms with van der Waals surface area (Å²) in [6.45, 7) is 6.99. The number of nitrogens with one attached hydrogen (secondary N) is 7. The first-order valence-electron chi connectivity index (χ1n) is 45.8. The summed E-state index contributed by atoms with van der Waals surface area (Å²) in [6.07, 6.45) is 49.1. The van der Waals surface area contributed by atoms with E-state index in [0.717, 1.165) is 64.2 Å². The van der Waals surface area contributed by atoms with Gasteiger partial charge in [-0.15, -0.1) is 0 Å². The zero-order chi connectivity index (χ0) is 84.1. The van der Waals surface area contributed by atoms with Crippen LogP contribution in [0.3, 0.4) is 0 Å². The van der Waals surface area contributed by atoms with Crippen LogP contribution >= 0.6 is 11.8 Å². The Kier molecular flexibility index (Phi) is 75.4. The lowest BCUT2D eigenvalue weighted by atomic mass is 10.0. The molecule has 666 valence electrons. The fourth-order valence-electron chi connectivity index (χ4n) is 13.9. The van der Waals surface area contributed by atoms with E-state index in [1.807, 2.05) is 0 Å². The SMILES string of the molecule is CCCCCCCCCCCCCCCC(=O)N[C@H](CSC[C@@H](COC(=O)CCCCCCCCCCCCCCC)OC(=O)CCCCCCCCCCCCCCC)C(=O)N[C@@H](CO)C(=O)NC(CCCCN)C(=O)N[C@@H](CCCCN)C(=O)N[C@@H](CCCCN)C(=O)N[C@@H](CCCCN)C(=O)N[C@@H](CCCCN)C(=O)O. The van der Waals surface area contributed by atoms with Gasteiger partial charge >= 0.3 is 17.9 Å². The molecule has 0 saturated carbocycles. The summed E-state index contributed by atoms with van der Waals surface area (Å²) < 4.78 is 11.8. The van der Waals surface area contributed by atoms with E-state index in [1.165, 1.54) is 179 Å². The molecule has 8 atom stereocenters. The molecule has 0 aliphatic rings. The molecule has 0 spiro atoms. The quantitative estimate of drug-likeness (QED) is 0.0199. The molecule has 26 nitrogen and oxygen atoms in total. The number of esters is 2. The van der Waals surface area contributed by atoms with E-state index in [1.54, 1.807) is 0 Å². The molecule has 1 unspecified atom stereocenters. The number of carbonyl (C=O) groups excluding carboxylic acids is 9. The van der Waals surface area contributed by atoms with E-state index >= 15 is 0 Å². The van der Waals surface area contributed by atoms with Crippen molar-refractivity contribution < 1.29 is 67.6 Å². The highest BCUT2D eigenvalue weighted by molar-refractivity contribution is 7.99. The van der Waals surface area contributed by atoms with Crippen molar-refractivity contribution in [2.75, 3.05) is 57.4 Å². The van der Waals surface area contributed by atoms with E-state index in [9.17, 15) is 58.2 Å². The Morgan fingerprint density at radius 2 is 0.544 bits per heavy atom. The van der Waals surface area contributed by atoms with Crippen molar-refractivity contribution in [2.24, 2.45) is 28.7 Å². The second-order valence-electron chi connectivity index (χ2n) is 31.7. The first-order valence-corrected chi connectivity index (χ1v) is 46.9. The fourth-order valence-corrected chi connectivity index (χ4v) is 14.9. The third kappa shape index (κ3) is 63.0. The fraction of sp³-hybridized carbons (Fsp3) is 0.885. The number of carbonyl (C=O) groups is 10. The number of amides is 7. The summed E-state index contributed by atoms with van der Waals surface area (Å²) in [5.74, 6) is -7.23. The van der Waals surface area contributed by atoms with Crippen LogP contribution in [0.4, 0.5) is 0 Å². The van der Waals surface area contributed by atoms with Crippen molar-refractivity contribution in [2.45, 2.75) is 435 Å². The maximum Gasteiger partial charge on any atom is 0.326 e. The number of carboxylic acids is 1. The van der Waals surface area contributed by atoms with Gasteiger partial charge in [0.15, 0.2) is 0 Å². The Hall–Kier alpha value is -5.19. The normalized spacial score (nSPS) is 13.5. The number of hydrogen-bond acceptors (Lipinski definition) is 19. The third-order valence-corrected chi connectivity index (χ3v) is 22.3. The summed E-state index contributed by atoms with van der Waals surface area (Å²) in [5, 5.41) is 39.8. The molecule has 0 fully saturated rings. The van der Waals surface area contributed by atoms with Gasteiger partial charge in [-0.05, 0) is 148 Å². The number of ether oxygens (including phenoxy) is 2. The molecule has 0 aromatic rings. The van der Waals surface area contributed by atoms with Gasteiger partial charge in [-0.1, -0.05) is 252 Å². The molecule has 0 aliphatic carbocycles. The molecule has 0 aromatic heterocycles. The average molecular weight is 1640 g/mol. The Morgan fingerprint density at radius 1 is 0.289 bits per heavy atom. The van der Waals surface area contributed by atoms with Crippen LogP contribution in [-0.4, -0.2) is 175 Å². The molecule has 0 saturated heterocycles. The summed E-state index contributed by atoms with van der Waals surface area (Å²) in [6, 6.07) is -9.26. The van der Waals surface area contributed by atoms with Crippen molar-refractivity contribution in [1.82, 2.24) is 37.2 Å². The second kappa shape index (κ2) is 79.0. The van der Waals surface area contributed by atoms with Crippen LogP contribution in [0.1, 0.15) is 387 Å². The number of aliphatic carboxylic acids is 1. The lowest BCUT2D eigenvalue weighted by molar-refractivity contribution is -0.157. The molecule has 0 aromatic carbocycles. The monoisotopic (exact) mass is 1640 g/mol.